The SMILES string of the molecule is CNc1cc(C)c(S(=O)(=O)N2CCOC(C)C2)c(C)c1. The second-order valence-electron chi connectivity index (χ2n) is 5.23. The number of hydrogen-bond acceptors (Lipinski definition) is 4. The monoisotopic (exact) mass is 298 g/mol. The van der Waals surface area contributed by atoms with Gasteiger partial charge in [-0.1, -0.05) is 0 Å². The van der Waals surface area contributed by atoms with Crippen LogP contribution in [0.2, 0.25) is 0 Å². The van der Waals surface area contributed by atoms with Crippen LogP contribution in [-0.4, -0.2) is 45.6 Å². The molecule has 6 heteroatoms. The summed E-state index contributed by atoms with van der Waals surface area (Å²) >= 11 is 0. The van der Waals surface area contributed by atoms with E-state index < -0.39 is 10.0 Å². The molecule has 1 N–H and O–H groups in total. The minimum Gasteiger partial charge on any atom is -0.388 e. The van der Waals surface area contributed by atoms with E-state index in [1.807, 2.05) is 40.0 Å². The fraction of sp³-hybridized carbons (Fsp3) is 0.571. The number of rotatable bonds is 3. The van der Waals surface area contributed by atoms with Crippen molar-refractivity contribution in [2.24, 2.45) is 0 Å². The Morgan fingerprint density at radius 1 is 1.30 bits per heavy atom. The van der Waals surface area contributed by atoms with E-state index in [1.54, 1.807) is 0 Å². The first-order chi connectivity index (χ1) is 9.36. The maximum Gasteiger partial charge on any atom is 0.243 e. The van der Waals surface area contributed by atoms with Crippen LogP contribution in [0.3, 0.4) is 0 Å². The van der Waals surface area contributed by atoms with Crippen molar-refractivity contribution in [3.63, 3.8) is 0 Å². The van der Waals surface area contributed by atoms with Gasteiger partial charge >= 0.3 is 0 Å². The van der Waals surface area contributed by atoms with Crippen LogP contribution in [0.5, 0.6) is 0 Å². The molecule has 1 atom stereocenters. The van der Waals surface area contributed by atoms with E-state index in [0.29, 0.717) is 24.6 Å². The van der Waals surface area contributed by atoms with Gasteiger partial charge in [-0.05, 0) is 44.0 Å². The molecule has 1 unspecified atom stereocenters. The Kier molecular flexibility index (Phi) is 4.36. The first-order valence-electron chi connectivity index (χ1n) is 6.77. The van der Waals surface area contributed by atoms with Crippen LogP contribution in [-0.2, 0) is 14.8 Å². The summed E-state index contributed by atoms with van der Waals surface area (Å²) in [6, 6.07) is 3.73. The summed E-state index contributed by atoms with van der Waals surface area (Å²) in [5.41, 5.74) is 2.47. The van der Waals surface area contributed by atoms with E-state index in [-0.39, 0.29) is 6.10 Å². The van der Waals surface area contributed by atoms with Gasteiger partial charge in [0.2, 0.25) is 10.0 Å². The van der Waals surface area contributed by atoms with Crippen molar-refractivity contribution < 1.29 is 13.2 Å². The molecule has 0 saturated carbocycles. The molecule has 0 aromatic heterocycles. The molecule has 1 saturated heterocycles. The third-order valence-corrected chi connectivity index (χ3v) is 5.72. The molecule has 2 rings (SSSR count). The Bertz CT molecular complexity index is 575. The molecular weight excluding hydrogens is 276 g/mol. The highest BCUT2D eigenvalue weighted by atomic mass is 32.2. The second kappa shape index (κ2) is 5.71. The highest BCUT2D eigenvalue weighted by Crippen LogP contribution is 2.28. The number of sulfonamides is 1. The number of hydrogen-bond donors (Lipinski definition) is 1. The third-order valence-electron chi connectivity index (χ3n) is 3.55. The second-order valence-corrected chi connectivity index (χ2v) is 7.11. The molecule has 0 bridgehead atoms. The normalized spacial score (nSPS) is 20.9. The lowest BCUT2D eigenvalue weighted by Gasteiger charge is -2.31. The smallest absolute Gasteiger partial charge is 0.243 e. The van der Waals surface area contributed by atoms with E-state index in [4.69, 9.17) is 4.74 Å². The van der Waals surface area contributed by atoms with Crippen molar-refractivity contribution in [1.29, 1.82) is 0 Å². The molecule has 0 aliphatic carbocycles. The average Bonchev–Trinajstić information content (AvgIpc) is 2.37. The summed E-state index contributed by atoms with van der Waals surface area (Å²) in [6.45, 7) is 6.85. The van der Waals surface area contributed by atoms with Crippen molar-refractivity contribution in [3.8, 4) is 0 Å². The molecule has 1 aromatic rings. The van der Waals surface area contributed by atoms with Crippen LogP contribution in [0.15, 0.2) is 17.0 Å². The van der Waals surface area contributed by atoms with Gasteiger partial charge in [-0.15, -0.1) is 0 Å². The Morgan fingerprint density at radius 3 is 2.40 bits per heavy atom. The average molecular weight is 298 g/mol. The number of nitrogens with one attached hydrogen (secondary N) is 1. The summed E-state index contributed by atoms with van der Waals surface area (Å²) in [6.07, 6.45) is -0.0595. The van der Waals surface area contributed by atoms with Crippen LogP contribution >= 0.6 is 0 Å². The minimum absolute atomic E-state index is 0.0595. The molecule has 1 heterocycles. The number of aryl methyl sites for hydroxylation is 2. The fourth-order valence-corrected chi connectivity index (χ4v) is 4.55. The van der Waals surface area contributed by atoms with Crippen molar-refractivity contribution in [3.05, 3.63) is 23.3 Å². The molecule has 0 amide bonds. The molecule has 112 valence electrons. The Morgan fingerprint density at radius 2 is 1.90 bits per heavy atom. The Balaban J connectivity index is 2.44. The van der Waals surface area contributed by atoms with Gasteiger partial charge in [0.15, 0.2) is 0 Å². The van der Waals surface area contributed by atoms with Gasteiger partial charge in [0, 0.05) is 25.8 Å². The molecule has 1 aliphatic rings. The van der Waals surface area contributed by atoms with Gasteiger partial charge in [-0.2, -0.15) is 4.31 Å². The zero-order valence-electron chi connectivity index (χ0n) is 12.4. The van der Waals surface area contributed by atoms with E-state index in [2.05, 4.69) is 5.32 Å². The summed E-state index contributed by atoms with van der Waals surface area (Å²) in [7, 11) is -1.63. The molecular formula is C14H22N2O3S. The zero-order chi connectivity index (χ0) is 14.9. The minimum atomic E-state index is -3.46. The van der Waals surface area contributed by atoms with Crippen molar-refractivity contribution in [2.45, 2.75) is 31.8 Å². The van der Waals surface area contributed by atoms with Crippen LogP contribution in [0.4, 0.5) is 5.69 Å². The van der Waals surface area contributed by atoms with Crippen LogP contribution < -0.4 is 5.32 Å². The van der Waals surface area contributed by atoms with Gasteiger partial charge in [-0.3, -0.25) is 0 Å². The highest BCUT2D eigenvalue weighted by Gasteiger charge is 2.31. The molecule has 20 heavy (non-hydrogen) atoms. The Labute approximate surface area is 121 Å². The molecule has 1 aliphatic heterocycles. The van der Waals surface area contributed by atoms with Crippen molar-refractivity contribution >= 4 is 15.7 Å². The van der Waals surface area contributed by atoms with Gasteiger partial charge < -0.3 is 10.1 Å². The predicted octanol–water partition coefficient (Wildman–Crippen LogP) is 1.75. The van der Waals surface area contributed by atoms with Crippen LogP contribution in [0.25, 0.3) is 0 Å². The van der Waals surface area contributed by atoms with E-state index in [0.717, 1.165) is 16.8 Å². The molecule has 1 aromatic carbocycles. The maximum atomic E-state index is 12.8. The summed E-state index contributed by atoms with van der Waals surface area (Å²) in [5, 5.41) is 3.05. The number of morpholine rings is 1. The standard InChI is InChI=1S/C14H22N2O3S/c1-10-7-13(15-4)8-11(2)14(10)20(17,18)16-5-6-19-12(3)9-16/h7-8,12,15H,5-6,9H2,1-4H3. The molecule has 0 radical (unpaired) electrons. The lowest BCUT2D eigenvalue weighted by Crippen LogP contribution is -2.44. The molecule has 5 nitrogen and oxygen atoms in total. The van der Waals surface area contributed by atoms with E-state index in [9.17, 15) is 8.42 Å². The van der Waals surface area contributed by atoms with Crippen LogP contribution in [0.1, 0.15) is 18.1 Å². The van der Waals surface area contributed by atoms with Gasteiger partial charge in [0.25, 0.3) is 0 Å². The van der Waals surface area contributed by atoms with Crippen molar-refractivity contribution in [1.82, 2.24) is 4.31 Å². The lowest BCUT2D eigenvalue weighted by molar-refractivity contribution is 0.0101. The summed E-state index contributed by atoms with van der Waals surface area (Å²) < 4.78 is 32.6. The van der Waals surface area contributed by atoms with E-state index in [1.165, 1.54) is 4.31 Å². The number of benzene rings is 1. The number of ether oxygens (including phenoxy) is 1. The molecule has 0 spiro atoms. The predicted molar refractivity (Wildman–Crippen MR) is 79.6 cm³/mol. The van der Waals surface area contributed by atoms with E-state index >= 15 is 0 Å². The number of anilines is 1. The highest BCUT2D eigenvalue weighted by molar-refractivity contribution is 7.89. The topological polar surface area (TPSA) is 58.6 Å². The Hall–Kier alpha value is -1.11. The largest absolute Gasteiger partial charge is 0.388 e. The lowest BCUT2D eigenvalue weighted by atomic mass is 10.1. The number of nitrogens with zero attached hydrogens (tertiary/aromatic N) is 1. The van der Waals surface area contributed by atoms with Crippen molar-refractivity contribution in [2.75, 3.05) is 32.1 Å². The van der Waals surface area contributed by atoms with Gasteiger partial charge in [-0.25, -0.2) is 8.42 Å². The first-order valence-corrected chi connectivity index (χ1v) is 8.21. The van der Waals surface area contributed by atoms with Gasteiger partial charge in [0.05, 0.1) is 17.6 Å². The van der Waals surface area contributed by atoms with Crippen LogP contribution in [0, 0.1) is 13.8 Å². The maximum absolute atomic E-state index is 12.8. The summed E-state index contributed by atoms with van der Waals surface area (Å²) in [5.74, 6) is 0. The quantitative estimate of drug-likeness (QED) is 0.923. The first kappa shape index (κ1) is 15.3. The fourth-order valence-electron chi connectivity index (χ4n) is 2.64. The zero-order valence-corrected chi connectivity index (χ0v) is 13.3. The summed E-state index contributed by atoms with van der Waals surface area (Å²) in [4.78, 5) is 0.422. The van der Waals surface area contributed by atoms with Gasteiger partial charge in [0.1, 0.15) is 0 Å². The third kappa shape index (κ3) is 2.82. The molecule has 1 fully saturated rings.